The Bertz CT molecular complexity index is 566. The number of carboxylic acid groups (broad SMARTS) is 1. The minimum atomic E-state index is -0.652. The zero-order valence-electron chi connectivity index (χ0n) is 12.5. The van der Waals surface area contributed by atoms with E-state index in [1.807, 2.05) is 12.1 Å². The number of hydrogen-bond donors (Lipinski definition) is 1. The van der Waals surface area contributed by atoms with Crippen LogP contribution in [0.5, 0.6) is 11.5 Å². The summed E-state index contributed by atoms with van der Waals surface area (Å²) in [5, 5.41) is 9.32. The largest absolute Gasteiger partial charge is 0.493 e. The quantitative estimate of drug-likeness (QED) is 0.898. The summed E-state index contributed by atoms with van der Waals surface area (Å²) < 4.78 is 10.7. The highest BCUT2D eigenvalue weighted by molar-refractivity contribution is 5.78. The average molecular weight is 291 g/mol. The minimum Gasteiger partial charge on any atom is -0.493 e. The number of ether oxygens (including phenoxy) is 2. The number of fused-ring (bicyclic) bond motifs is 1. The first-order chi connectivity index (χ1) is 10.1. The fourth-order valence-corrected chi connectivity index (χ4v) is 3.10. The van der Waals surface area contributed by atoms with E-state index in [1.54, 1.807) is 14.2 Å². The molecule has 5 heteroatoms. The van der Waals surface area contributed by atoms with Crippen LogP contribution >= 0.6 is 0 Å². The van der Waals surface area contributed by atoms with Gasteiger partial charge in [-0.25, -0.2) is 0 Å². The lowest BCUT2D eigenvalue weighted by molar-refractivity contribution is -0.144. The Labute approximate surface area is 124 Å². The van der Waals surface area contributed by atoms with Gasteiger partial charge in [-0.2, -0.15) is 0 Å². The van der Waals surface area contributed by atoms with Crippen molar-refractivity contribution in [3.05, 3.63) is 23.3 Å². The molecule has 2 aliphatic rings. The first-order valence-electron chi connectivity index (χ1n) is 7.27. The van der Waals surface area contributed by atoms with Gasteiger partial charge >= 0.3 is 5.97 Å². The van der Waals surface area contributed by atoms with Gasteiger partial charge in [-0.1, -0.05) is 0 Å². The molecule has 21 heavy (non-hydrogen) atoms. The maximum Gasteiger partial charge on any atom is 0.310 e. The predicted molar refractivity (Wildman–Crippen MR) is 77.8 cm³/mol. The van der Waals surface area contributed by atoms with E-state index in [0.717, 1.165) is 43.9 Å². The Balaban J connectivity index is 1.77. The van der Waals surface area contributed by atoms with Crippen molar-refractivity contribution < 1.29 is 19.4 Å². The molecule has 1 aliphatic heterocycles. The third-order valence-electron chi connectivity index (χ3n) is 4.63. The van der Waals surface area contributed by atoms with Crippen molar-refractivity contribution in [2.45, 2.75) is 25.8 Å². The van der Waals surface area contributed by atoms with Crippen molar-refractivity contribution in [2.75, 3.05) is 27.3 Å². The zero-order valence-corrected chi connectivity index (χ0v) is 12.5. The van der Waals surface area contributed by atoms with Gasteiger partial charge < -0.3 is 14.6 Å². The van der Waals surface area contributed by atoms with Crippen molar-refractivity contribution >= 4 is 5.97 Å². The summed E-state index contributed by atoms with van der Waals surface area (Å²) in [6.45, 7) is 2.33. The fourth-order valence-electron chi connectivity index (χ4n) is 3.10. The predicted octanol–water partition coefficient (Wildman–Crippen LogP) is 1.93. The first kappa shape index (κ1) is 14.2. The summed E-state index contributed by atoms with van der Waals surface area (Å²) >= 11 is 0. The molecule has 5 nitrogen and oxygen atoms in total. The van der Waals surface area contributed by atoms with Crippen LogP contribution in [0.3, 0.4) is 0 Å². The van der Waals surface area contributed by atoms with Crippen molar-refractivity contribution in [3.8, 4) is 11.5 Å². The molecule has 1 heterocycles. The number of aliphatic carboxylic acids is 1. The van der Waals surface area contributed by atoms with E-state index in [0.29, 0.717) is 6.54 Å². The monoisotopic (exact) mass is 291 g/mol. The second-order valence-corrected chi connectivity index (χ2v) is 6.02. The molecule has 0 aromatic heterocycles. The molecule has 0 atom stereocenters. The Hall–Kier alpha value is -1.75. The smallest absolute Gasteiger partial charge is 0.310 e. The van der Waals surface area contributed by atoms with E-state index < -0.39 is 11.4 Å². The van der Waals surface area contributed by atoms with Crippen LogP contribution in [0.2, 0.25) is 0 Å². The number of carboxylic acids is 1. The molecule has 0 saturated heterocycles. The molecule has 1 aliphatic carbocycles. The summed E-state index contributed by atoms with van der Waals surface area (Å²) in [5.41, 5.74) is 1.98. The molecule has 0 radical (unpaired) electrons. The summed E-state index contributed by atoms with van der Waals surface area (Å²) in [4.78, 5) is 13.6. The van der Waals surface area contributed by atoms with Crippen LogP contribution in [0.15, 0.2) is 12.1 Å². The van der Waals surface area contributed by atoms with Gasteiger partial charge in [-0.3, -0.25) is 9.69 Å². The summed E-state index contributed by atoms with van der Waals surface area (Å²) in [5.74, 6) is 0.840. The van der Waals surface area contributed by atoms with Crippen LogP contribution in [0.25, 0.3) is 0 Å². The molecular weight excluding hydrogens is 270 g/mol. The number of rotatable bonds is 5. The van der Waals surface area contributed by atoms with Gasteiger partial charge in [-0.05, 0) is 42.5 Å². The number of nitrogens with zero attached hydrogens (tertiary/aromatic N) is 1. The number of methoxy groups -OCH3 is 2. The van der Waals surface area contributed by atoms with Gasteiger partial charge in [-0.15, -0.1) is 0 Å². The Morgan fingerprint density at radius 2 is 1.86 bits per heavy atom. The molecule has 0 amide bonds. The SMILES string of the molecule is COc1cc2c(cc1OC)CN(CC1(C(=O)O)CC1)CC2. The van der Waals surface area contributed by atoms with Gasteiger partial charge in [0.05, 0.1) is 19.6 Å². The van der Waals surface area contributed by atoms with Gasteiger partial charge in [0.1, 0.15) is 0 Å². The number of hydrogen-bond acceptors (Lipinski definition) is 4. The van der Waals surface area contributed by atoms with Gasteiger partial charge in [0, 0.05) is 19.6 Å². The van der Waals surface area contributed by atoms with Crippen LogP contribution in [0.4, 0.5) is 0 Å². The molecule has 0 spiro atoms. The van der Waals surface area contributed by atoms with Crippen molar-refractivity contribution in [1.82, 2.24) is 4.90 Å². The second-order valence-electron chi connectivity index (χ2n) is 6.02. The normalized spacial score (nSPS) is 19.7. The summed E-state index contributed by atoms with van der Waals surface area (Å²) in [6.07, 6.45) is 2.53. The highest BCUT2D eigenvalue weighted by atomic mass is 16.5. The van der Waals surface area contributed by atoms with Crippen LogP contribution in [-0.4, -0.2) is 43.3 Å². The molecule has 1 aromatic rings. The summed E-state index contributed by atoms with van der Waals surface area (Å²) in [7, 11) is 3.28. The molecule has 1 fully saturated rings. The highest BCUT2D eigenvalue weighted by Gasteiger charge is 2.51. The Morgan fingerprint density at radius 1 is 1.24 bits per heavy atom. The molecule has 0 unspecified atom stereocenters. The van der Waals surface area contributed by atoms with E-state index in [2.05, 4.69) is 4.90 Å². The van der Waals surface area contributed by atoms with Gasteiger partial charge in [0.15, 0.2) is 11.5 Å². The van der Waals surface area contributed by atoms with Crippen LogP contribution in [0.1, 0.15) is 24.0 Å². The molecule has 1 saturated carbocycles. The topological polar surface area (TPSA) is 59.0 Å². The summed E-state index contributed by atoms with van der Waals surface area (Å²) in [6, 6.07) is 4.05. The number of carbonyl (C=O) groups is 1. The van der Waals surface area contributed by atoms with E-state index in [9.17, 15) is 9.90 Å². The minimum absolute atomic E-state index is 0.492. The highest BCUT2D eigenvalue weighted by Crippen LogP contribution is 2.47. The third-order valence-corrected chi connectivity index (χ3v) is 4.63. The lowest BCUT2D eigenvalue weighted by Crippen LogP contribution is -2.38. The molecule has 3 rings (SSSR count). The van der Waals surface area contributed by atoms with Crippen molar-refractivity contribution in [2.24, 2.45) is 5.41 Å². The third kappa shape index (κ3) is 2.58. The maximum absolute atomic E-state index is 11.3. The molecule has 1 N–H and O–H groups in total. The molecule has 1 aromatic carbocycles. The van der Waals surface area contributed by atoms with E-state index >= 15 is 0 Å². The zero-order chi connectivity index (χ0) is 15.0. The van der Waals surface area contributed by atoms with Crippen LogP contribution in [0, 0.1) is 5.41 Å². The molecular formula is C16H21NO4. The van der Waals surface area contributed by atoms with Crippen LogP contribution < -0.4 is 9.47 Å². The lowest BCUT2D eigenvalue weighted by Gasteiger charge is -2.31. The van der Waals surface area contributed by atoms with E-state index in [1.165, 1.54) is 11.1 Å². The fraction of sp³-hybridized carbons (Fsp3) is 0.562. The molecule has 0 bridgehead atoms. The van der Waals surface area contributed by atoms with E-state index in [-0.39, 0.29) is 0 Å². The second kappa shape index (κ2) is 5.22. The standard InChI is InChI=1S/C16H21NO4/c1-20-13-7-11-3-6-17(9-12(11)8-14(13)21-2)10-16(4-5-16)15(18)19/h7-8H,3-6,9-10H2,1-2H3,(H,18,19). The van der Waals surface area contributed by atoms with Gasteiger partial charge in [0.2, 0.25) is 0 Å². The lowest BCUT2D eigenvalue weighted by atomic mass is 9.97. The molecule has 114 valence electrons. The Morgan fingerprint density at radius 3 is 2.38 bits per heavy atom. The van der Waals surface area contributed by atoms with Gasteiger partial charge in [0.25, 0.3) is 0 Å². The average Bonchev–Trinajstić information content (AvgIpc) is 3.26. The first-order valence-corrected chi connectivity index (χ1v) is 7.27. The maximum atomic E-state index is 11.3. The van der Waals surface area contributed by atoms with Crippen molar-refractivity contribution in [3.63, 3.8) is 0 Å². The Kier molecular flexibility index (Phi) is 3.53. The van der Waals surface area contributed by atoms with Crippen LogP contribution in [-0.2, 0) is 17.8 Å². The van der Waals surface area contributed by atoms with Crippen molar-refractivity contribution in [1.29, 1.82) is 0 Å². The number of benzene rings is 1. The van der Waals surface area contributed by atoms with E-state index in [4.69, 9.17) is 9.47 Å².